The first kappa shape index (κ1) is 16.3. The number of hydrogen-bond donors (Lipinski definition) is 2. The van der Waals surface area contributed by atoms with E-state index in [2.05, 4.69) is 59.3 Å². The molecule has 1 aliphatic rings. The van der Waals surface area contributed by atoms with Gasteiger partial charge in [0.2, 0.25) is 0 Å². The van der Waals surface area contributed by atoms with Crippen LogP contribution in [-0.2, 0) is 0 Å². The molecule has 0 radical (unpaired) electrons. The third-order valence-electron chi connectivity index (χ3n) is 3.95. The van der Waals surface area contributed by atoms with E-state index in [9.17, 15) is 5.11 Å². The summed E-state index contributed by atoms with van der Waals surface area (Å²) in [5.74, 6) is 0. The number of β-amino-alcohol motifs (C(OH)–C–C–N with tert-alkyl or cyclic N) is 1. The minimum Gasteiger partial charge on any atom is -0.388 e. The largest absolute Gasteiger partial charge is 0.388 e. The zero-order valence-electron chi connectivity index (χ0n) is 13.5. The van der Waals surface area contributed by atoms with Gasteiger partial charge in [0.25, 0.3) is 0 Å². The van der Waals surface area contributed by atoms with Crippen LogP contribution in [0.1, 0.15) is 20.8 Å². The lowest BCUT2D eigenvalue weighted by Crippen LogP contribution is -2.54. The second-order valence-corrected chi connectivity index (χ2v) is 6.63. The summed E-state index contributed by atoms with van der Waals surface area (Å²) in [5.41, 5.74) is 0.629. The van der Waals surface area contributed by atoms with Crippen molar-refractivity contribution in [2.24, 2.45) is 0 Å². The van der Waals surface area contributed by atoms with E-state index in [1.807, 2.05) is 6.92 Å². The van der Waals surface area contributed by atoms with E-state index in [1.165, 1.54) is 5.69 Å². The standard InChI is InChI=1S/C17H29N3O/c1-15(2)18-13-17(3,21)14-19-9-11-20(12-10-19)16-7-5-4-6-8-16/h4-8,15,18,21H,9-14H2,1-3H3. The van der Waals surface area contributed by atoms with Crippen molar-refractivity contribution in [2.75, 3.05) is 44.2 Å². The fourth-order valence-electron chi connectivity index (χ4n) is 2.76. The normalized spacial score (nSPS) is 19.8. The van der Waals surface area contributed by atoms with Gasteiger partial charge in [-0.1, -0.05) is 32.0 Å². The number of hydrogen-bond acceptors (Lipinski definition) is 4. The first-order chi connectivity index (χ1) is 9.96. The minimum atomic E-state index is -0.667. The highest BCUT2D eigenvalue weighted by molar-refractivity contribution is 5.46. The summed E-state index contributed by atoms with van der Waals surface area (Å²) in [6, 6.07) is 11.0. The van der Waals surface area contributed by atoms with E-state index in [0.29, 0.717) is 12.6 Å². The fourth-order valence-corrected chi connectivity index (χ4v) is 2.76. The van der Waals surface area contributed by atoms with Crippen LogP contribution >= 0.6 is 0 Å². The molecule has 1 aromatic carbocycles. The lowest BCUT2D eigenvalue weighted by atomic mass is 10.1. The third-order valence-corrected chi connectivity index (χ3v) is 3.95. The molecule has 0 amide bonds. The highest BCUT2D eigenvalue weighted by Gasteiger charge is 2.26. The number of benzene rings is 1. The Morgan fingerprint density at radius 1 is 1.14 bits per heavy atom. The molecular formula is C17H29N3O. The Bertz CT molecular complexity index is 411. The van der Waals surface area contributed by atoms with Crippen LogP contribution in [-0.4, -0.2) is 60.9 Å². The zero-order chi connectivity index (χ0) is 15.3. The molecule has 0 aliphatic carbocycles. The summed E-state index contributed by atoms with van der Waals surface area (Å²) in [5, 5.41) is 13.8. The highest BCUT2D eigenvalue weighted by atomic mass is 16.3. The van der Waals surface area contributed by atoms with Crippen LogP contribution in [0, 0.1) is 0 Å². The van der Waals surface area contributed by atoms with Crippen molar-refractivity contribution in [3.8, 4) is 0 Å². The maximum absolute atomic E-state index is 10.5. The number of para-hydroxylation sites is 1. The first-order valence-corrected chi connectivity index (χ1v) is 7.94. The smallest absolute Gasteiger partial charge is 0.0869 e. The Morgan fingerprint density at radius 3 is 2.33 bits per heavy atom. The molecule has 0 aromatic heterocycles. The Kier molecular flexibility index (Phi) is 5.62. The molecule has 1 saturated heterocycles. The van der Waals surface area contributed by atoms with Gasteiger partial charge in [0.05, 0.1) is 5.60 Å². The van der Waals surface area contributed by atoms with Crippen LogP contribution in [0.2, 0.25) is 0 Å². The van der Waals surface area contributed by atoms with Crippen molar-refractivity contribution in [3.05, 3.63) is 30.3 Å². The summed E-state index contributed by atoms with van der Waals surface area (Å²) in [4.78, 5) is 4.78. The molecule has 2 N–H and O–H groups in total. The molecule has 1 heterocycles. The molecule has 0 bridgehead atoms. The highest BCUT2D eigenvalue weighted by Crippen LogP contribution is 2.16. The van der Waals surface area contributed by atoms with E-state index in [-0.39, 0.29) is 0 Å². The van der Waals surface area contributed by atoms with Crippen LogP contribution in [0.4, 0.5) is 5.69 Å². The van der Waals surface area contributed by atoms with Gasteiger partial charge in [-0.05, 0) is 19.1 Å². The Morgan fingerprint density at radius 2 is 1.76 bits per heavy atom. The number of nitrogens with one attached hydrogen (secondary N) is 1. The van der Waals surface area contributed by atoms with Gasteiger partial charge in [0.15, 0.2) is 0 Å². The molecule has 4 heteroatoms. The van der Waals surface area contributed by atoms with Gasteiger partial charge < -0.3 is 15.3 Å². The van der Waals surface area contributed by atoms with Gasteiger partial charge in [-0.3, -0.25) is 4.90 Å². The average Bonchev–Trinajstić information content (AvgIpc) is 2.47. The SMILES string of the molecule is CC(C)NCC(C)(O)CN1CCN(c2ccccc2)CC1. The molecule has 1 atom stereocenters. The zero-order valence-corrected chi connectivity index (χ0v) is 13.5. The molecule has 1 aliphatic heterocycles. The molecule has 2 rings (SSSR count). The molecule has 1 fully saturated rings. The number of rotatable bonds is 6. The van der Waals surface area contributed by atoms with Crippen LogP contribution in [0.15, 0.2) is 30.3 Å². The van der Waals surface area contributed by atoms with Gasteiger partial charge in [0, 0.05) is 51.0 Å². The lowest BCUT2D eigenvalue weighted by Gasteiger charge is -2.39. The van der Waals surface area contributed by atoms with Crippen LogP contribution in [0.5, 0.6) is 0 Å². The molecule has 4 nitrogen and oxygen atoms in total. The predicted molar refractivity (Wildman–Crippen MR) is 88.9 cm³/mol. The van der Waals surface area contributed by atoms with Crippen molar-refractivity contribution in [1.29, 1.82) is 0 Å². The van der Waals surface area contributed by atoms with E-state index in [1.54, 1.807) is 0 Å². The summed E-state index contributed by atoms with van der Waals surface area (Å²) < 4.78 is 0. The predicted octanol–water partition coefficient (Wildman–Crippen LogP) is 1.56. The minimum absolute atomic E-state index is 0.409. The van der Waals surface area contributed by atoms with Crippen molar-refractivity contribution < 1.29 is 5.11 Å². The summed E-state index contributed by atoms with van der Waals surface area (Å²) >= 11 is 0. The average molecular weight is 291 g/mol. The summed E-state index contributed by atoms with van der Waals surface area (Å²) in [6.07, 6.45) is 0. The monoisotopic (exact) mass is 291 g/mol. The molecule has 0 saturated carbocycles. The molecule has 1 unspecified atom stereocenters. The summed E-state index contributed by atoms with van der Waals surface area (Å²) in [7, 11) is 0. The number of nitrogens with zero attached hydrogens (tertiary/aromatic N) is 2. The Balaban J connectivity index is 1.78. The van der Waals surface area contributed by atoms with Gasteiger partial charge in [-0.25, -0.2) is 0 Å². The topological polar surface area (TPSA) is 38.7 Å². The molecule has 21 heavy (non-hydrogen) atoms. The van der Waals surface area contributed by atoms with Gasteiger partial charge in [-0.2, -0.15) is 0 Å². The molecular weight excluding hydrogens is 262 g/mol. The second-order valence-electron chi connectivity index (χ2n) is 6.63. The Labute approximate surface area is 128 Å². The molecule has 0 spiro atoms. The molecule has 118 valence electrons. The van der Waals surface area contributed by atoms with Gasteiger partial charge in [-0.15, -0.1) is 0 Å². The van der Waals surface area contributed by atoms with Crippen LogP contribution in [0.3, 0.4) is 0 Å². The number of piperazine rings is 1. The van der Waals surface area contributed by atoms with Crippen molar-refractivity contribution in [2.45, 2.75) is 32.4 Å². The number of aliphatic hydroxyl groups is 1. The third kappa shape index (κ3) is 5.30. The lowest BCUT2D eigenvalue weighted by molar-refractivity contribution is 0.0172. The summed E-state index contributed by atoms with van der Waals surface area (Å²) in [6.45, 7) is 11.6. The van der Waals surface area contributed by atoms with E-state index in [0.717, 1.165) is 32.7 Å². The first-order valence-electron chi connectivity index (χ1n) is 7.94. The maximum Gasteiger partial charge on any atom is 0.0869 e. The Hall–Kier alpha value is -1.10. The molecule has 1 aromatic rings. The van der Waals surface area contributed by atoms with Crippen LogP contribution in [0.25, 0.3) is 0 Å². The quantitative estimate of drug-likeness (QED) is 0.834. The second kappa shape index (κ2) is 7.25. The maximum atomic E-state index is 10.5. The van der Waals surface area contributed by atoms with Crippen molar-refractivity contribution >= 4 is 5.69 Å². The van der Waals surface area contributed by atoms with Crippen molar-refractivity contribution in [3.63, 3.8) is 0 Å². The van der Waals surface area contributed by atoms with Gasteiger partial charge >= 0.3 is 0 Å². The fraction of sp³-hybridized carbons (Fsp3) is 0.647. The van der Waals surface area contributed by atoms with Crippen LogP contribution < -0.4 is 10.2 Å². The number of anilines is 1. The van der Waals surface area contributed by atoms with E-state index in [4.69, 9.17) is 0 Å². The van der Waals surface area contributed by atoms with Gasteiger partial charge in [0.1, 0.15) is 0 Å². The van der Waals surface area contributed by atoms with Crippen molar-refractivity contribution in [1.82, 2.24) is 10.2 Å². The van der Waals surface area contributed by atoms with E-state index < -0.39 is 5.60 Å². The van der Waals surface area contributed by atoms with E-state index >= 15 is 0 Å².